The lowest BCUT2D eigenvalue weighted by atomic mass is 10.0. The number of Topliss-reactive ketones (excluding diaryl/α,β-unsaturated/α-hetero) is 1. The van der Waals surface area contributed by atoms with Crippen LogP contribution in [-0.4, -0.2) is 30.8 Å². The lowest BCUT2D eigenvalue weighted by Crippen LogP contribution is -2.32. The smallest absolute Gasteiger partial charge is 0.161 e. The van der Waals surface area contributed by atoms with E-state index < -0.39 is 0 Å². The maximum atomic E-state index is 11.8. The van der Waals surface area contributed by atoms with Crippen molar-refractivity contribution in [2.45, 2.75) is 6.42 Å². The molecule has 0 saturated carbocycles. The highest BCUT2D eigenvalue weighted by Crippen LogP contribution is 2.24. The van der Waals surface area contributed by atoms with Crippen LogP contribution in [0.4, 0.5) is 0 Å². The molecular weight excluding hydrogens is 257 g/mol. The van der Waals surface area contributed by atoms with Gasteiger partial charge in [0.25, 0.3) is 0 Å². The van der Waals surface area contributed by atoms with E-state index >= 15 is 0 Å². The highest BCUT2D eigenvalue weighted by Gasteiger charge is 2.18. The fraction of sp³-hybridized carbons (Fsp3) is 0.308. The number of rotatable bonds is 1. The van der Waals surface area contributed by atoms with Crippen LogP contribution in [0.5, 0.6) is 0 Å². The lowest BCUT2D eigenvalue weighted by Gasteiger charge is -2.23. The number of halogens is 2. The van der Waals surface area contributed by atoms with Crippen molar-refractivity contribution in [1.82, 2.24) is 4.90 Å². The van der Waals surface area contributed by atoms with E-state index in [9.17, 15) is 4.79 Å². The van der Waals surface area contributed by atoms with Crippen LogP contribution in [0.15, 0.2) is 23.8 Å². The van der Waals surface area contributed by atoms with E-state index in [0.717, 1.165) is 17.7 Å². The molecule has 2 nitrogen and oxygen atoms in total. The monoisotopic (exact) mass is 269 g/mol. The summed E-state index contributed by atoms with van der Waals surface area (Å²) >= 11 is 11.9. The molecule has 1 saturated heterocycles. The molecule has 0 radical (unpaired) electrons. The van der Waals surface area contributed by atoms with Gasteiger partial charge in [0.15, 0.2) is 5.78 Å². The van der Waals surface area contributed by atoms with Crippen LogP contribution in [0.2, 0.25) is 10.0 Å². The summed E-state index contributed by atoms with van der Waals surface area (Å²) < 4.78 is 0. The molecule has 0 aromatic heterocycles. The number of hydrogen-bond donors (Lipinski definition) is 0. The molecule has 0 aliphatic carbocycles. The fourth-order valence-electron chi connectivity index (χ4n) is 1.84. The molecule has 2 rings (SSSR count). The minimum Gasteiger partial charge on any atom is -0.302 e. The Kier molecular flexibility index (Phi) is 3.87. The van der Waals surface area contributed by atoms with Crippen molar-refractivity contribution >= 4 is 35.1 Å². The summed E-state index contributed by atoms with van der Waals surface area (Å²) in [5.74, 6) is 0.203. The molecule has 0 bridgehead atoms. The molecule has 0 spiro atoms. The molecule has 1 aliphatic rings. The number of nitrogens with zero attached hydrogens (tertiary/aromatic N) is 1. The average molecular weight is 270 g/mol. The van der Waals surface area contributed by atoms with E-state index in [1.165, 1.54) is 0 Å². The maximum Gasteiger partial charge on any atom is 0.161 e. The van der Waals surface area contributed by atoms with Crippen LogP contribution in [0, 0.1) is 0 Å². The summed E-state index contributed by atoms with van der Waals surface area (Å²) in [5.41, 5.74) is 1.65. The first kappa shape index (κ1) is 12.6. The van der Waals surface area contributed by atoms with E-state index in [0.29, 0.717) is 23.0 Å². The summed E-state index contributed by atoms with van der Waals surface area (Å²) in [6, 6.07) is 5.29. The standard InChI is InChI=1S/C13H13Cl2NO/c1-16-5-4-13(17)10(8-16)6-9-2-3-11(14)7-12(9)15/h2-3,6-7H,4-5,8H2,1H3/b10-6+. The molecule has 0 amide bonds. The summed E-state index contributed by atoms with van der Waals surface area (Å²) in [6.45, 7) is 1.50. The van der Waals surface area contributed by atoms with Crippen molar-refractivity contribution in [3.05, 3.63) is 39.4 Å². The molecule has 1 aromatic carbocycles. The summed E-state index contributed by atoms with van der Waals surface area (Å²) in [5, 5.41) is 1.18. The fourth-order valence-corrected chi connectivity index (χ4v) is 2.31. The first-order chi connectivity index (χ1) is 8.06. The number of ketones is 1. The molecule has 4 heteroatoms. The molecule has 1 aromatic rings. The third-order valence-corrected chi connectivity index (χ3v) is 3.37. The van der Waals surface area contributed by atoms with Crippen molar-refractivity contribution < 1.29 is 4.79 Å². The summed E-state index contributed by atoms with van der Waals surface area (Å²) in [7, 11) is 2.00. The quantitative estimate of drug-likeness (QED) is 0.730. The Morgan fingerprint density at radius 2 is 2.12 bits per heavy atom. The molecule has 17 heavy (non-hydrogen) atoms. The molecule has 0 unspecified atom stereocenters. The van der Waals surface area contributed by atoms with Crippen molar-refractivity contribution in [3.63, 3.8) is 0 Å². The first-order valence-electron chi connectivity index (χ1n) is 5.43. The van der Waals surface area contributed by atoms with Gasteiger partial charge in [0.1, 0.15) is 0 Å². The zero-order valence-electron chi connectivity index (χ0n) is 9.54. The van der Waals surface area contributed by atoms with Crippen LogP contribution in [0.1, 0.15) is 12.0 Å². The zero-order valence-corrected chi connectivity index (χ0v) is 11.1. The number of likely N-dealkylation sites (N-methyl/N-ethyl adjacent to an activating group) is 1. The number of carbonyl (C=O) groups excluding carboxylic acids is 1. The average Bonchev–Trinajstić information content (AvgIpc) is 2.27. The van der Waals surface area contributed by atoms with Gasteiger partial charge in [-0.2, -0.15) is 0 Å². The molecular formula is C13H13Cl2NO. The van der Waals surface area contributed by atoms with Gasteiger partial charge < -0.3 is 4.90 Å². The minimum atomic E-state index is 0.203. The first-order valence-corrected chi connectivity index (χ1v) is 6.19. The Hall–Kier alpha value is -0.830. The lowest BCUT2D eigenvalue weighted by molar-refractivity contribution is -0.117. The topological polar surface area (TPSA) is 20.3 Å². The van der Waals surface area contributed by atoms with Crippen molar-refractivity contribution in [1.29, 1.82) is 0 Å². The Morgan fingerprint density at radius 1 is 1.35 bits per heavy atom. The second kappa shape index (κ2) is 5.21. The second-order valence-electron chi connectivity index (χ2n) is 4.25. The van der Waals surface area contributed by atoms with Gasteiger partial charge in [-0.15, -0.1) is 0 Å². The molecule has 1 aliphatic heterocycles. The second-order valence-corrected chi connectivity index (χ2v) is 5.09. The highest BCUT2D eigenvalue weighted by molar-refractivity contribution is 6.35. The van der Waals surface area contributed by atoms with Crippen LogP contribution < -0.4 is 0 Å². The number of benzene rings is 1. The Balaban J connectivity index is 2.31. The van der Waals surface area contributed by atoms with Crippen LogP contribution in [-0.2, 0) is 4.79 Å². The van der Waals surface area contributed by atoms with E-state index in [2.05, 4.69) is 4.90 Å². The molecule has 1 fully saturated rings. The Labute approximate surface area is 111 Å². The molecule has 1 heterocycles. The number of piperidine rings is 1. The van der Waals surface area contributed by atoms with Gasteiger partial charge in [0.05, 0.1) is 0 Å². The minimum absolute atomic E-state index is 0.203. The van der Waals surface area contributed by atoms with Crippen molar-refractivity contribution in [3.8, 4) is 0 Å². The number of hydrogen-bond acceptors (Lipinski definition) is 2. The normalized spacial score (nSPS) is 19.9. The van der Waals surface area contributed by atoms with Gasteiger partial charge in [0.2, 0.25) is 0 Å². The van der Waals surface area contributed by atoms with Crippen LogP contribution >= 0.6 is 23.2 Å². The van der Waals surface area contributed by atoms with Gasteiger partial charge in [-0.25, -0.2) is 0 Å². The van der Waals surface area contributed by atoms with Gasteiger partial charge in [-0.1, -0.05) is 29.3 Å². The predicted octanol–water partition coefficient (Wildman–Crippen LogP) is 3.28. The summed E-state index contributed by atoms with van der Waals surface area (Å²) in [4.78, 5) is 13.9. The van der Waals surface area contributed by atoms with Gasteiger partial charge in [-0.3, -0.25) is 4.79 Å². The largest absolute Gasteiger partial charge is 0.302 e. The van der Waals surface area contributed by atoms with Crippen LogP contribution in [0.3, 0.4) is 0 Å². The van der Waals surface area contributed by atoms with Crippen LogP contribution in [0.25, 0.3) is 6.08 Å². The number of carbonyl (C=O) groups is 1. The van der Waals surface area contributed by atoms with E-state index in [4.69, 9.17) is 23.2 Å². The van der Waals surface area contributed by atoms with Gasteiger partial charge in [0, 0.05) is 35.1 Å². The third-order valence-electron chi connectivity index (χ3n) is 2.81. The highest BCUT2D eigenvalue weighted by atomic mass is 35.5. The number of likely N-dealkylation sites (tertiary alicyclic amines) is 1. The Morgan fingerprint density at radius 3 is 2.82 bits per heavy atom. The zero-order chi connectivity index (χ0) is 12.4. The van der Waals surface area contributed by atoms with E-state index in [1.54, 1.807) is 12.1 Å². The van der Waals surface area contributed by atoms with E-state index in [1.807, 2.05) is 19.2 Å². The third kappa shape index (κ3) is 3.09. The van der Waals surface area contributed by atoms with E-state index in [-0.39, 0.29) is 5.78 Å². The Bertz CT molecular complexity index is 482. The SMILES string of the molecule is CN1CCC(=O)/C(=C/c2ccc(Cl)cc2Cl)C1. The predicted molar refractivity (Wildman–Crippen MR) is 71.6 cm³/mol. The maximum absolute atomic E-state index is 11.8. The molecule has 90 valence electrons. The van der Waals surface area contributed by atoms with Gasteiger partial charge in [-0.05, 0) is 30.8 Å². The molecule has 0 N–H and O–H groups in total. The molecule has 0 atom stereocenters. The van der Waals surface area contributed by atoms with Gasteiger partial charge >= 0.3 is 0 Å². The van der Waals surface area contributed by atoms with Crippen molar-refractivity contribution in [2.24, 2.45) is 0 Å². The van der Waals surface area contributed by atoms with Crippen molar-refractivity contribution in [2.75, 3.05) is 20.1 Å². The summed E-state index contributed by atoms with van der Waals surface area (Å²) in [6.07, 6.45) is 2.43.